The maximum atomic E-state index is 12.5. The number of carbonyl (C=O) groups is 2. The van der Waals surface area contributed by atoms with Gasteiger partial charge in [-0.3, -0.25) is 9.59 Å². The van der Waals surface area contributed by atoms with Crippen molar-refractivity contribution in [3.05, 3.63) is 22.3 Å². The molecule has 1 N–H and O–H groups in total. The number of rotatable bonds is 21. The van der Waals surface area contributed by atoms with Gasteiger partial charge in [-0.15, -0.1) is 0 Å². The van der Waals surface area contributed by atoms with E-state index in [2.05, 4.69) is 27.7 Å². The van der Waals surface area contributed by atoms with Crippen LogP contribution < -0.4 is 9.47 Å². The number of hydrogen-bond donors (Lipinski definition) is 1. The zero-order valence-corrected chi connectivity index (χ0v) is 28.9. The summed E-state index contributed by atoms with van der Waals surface area (Å²) in [7, 11) is 0. The topological polar surface area (TPSA) is 72.8 Å². The zero-order chi connectivity index (χ0) is 31.9. The first-order chi connectivity index (χ1) is 19.7. The highest BCUT2D eigenvalue weighted by Gasteiger charge is 2.26. The highest BCUT2D eigenvalue weighted by molar-refractivity contribution is 5.76. The van der Waals surface area contributed by atoms with Crippen LogP contribution in [-0.2, 0) is 16.0 Å². The van der Waals surface area contributed by atoms with Gasteiger partial charge in [-0.1, -0.05) is 92.9 Å². The second-order valence-electron chi connectivity index (χ2n) is 13.8. The third kappa shape index (κ3) is 14.1. The summed E-state index contributed by atoms with van der Waals surface area (Å²) < 4.78 is 11.7. The highest BCUT2D eigenvalue weighted by Crippen LogP contribution is 2.40. The fraction of sp³-hybridized carbons (Fsp3) is 0.784. The van der Waals surface area contributed by atoms with Crippen LogP contribution in [-0.4, -0.2) is 22.6 Å². The Morgan fingerprint density at radius 1 is 0.690 bits per heavy atom. The Morgan fingerprint density at radius 3 is 1.64 bits per heavy atom. The minimum absolute atomic E-state index is 0.258. The molecular formula is C37H64O5. The molecule has 0 bridgehead atoms. The van der Waals surface area contributed by atoms with Gasteiger partial charge in [-0.05, 0) is 94.2 Å². The lowest BCUT2D eigenvalue weighted by Crippen LogP contribution is -2.25. The second kappa shape index (κ2) is 19.4. The monoisotopic (exact) mass is 588 g/mol. The lowest BCUT2D eigenvalue weighted by Gasteiger charge is -2.26. The summed E-state index contributed by atoms with van der Waals surface area (Å²) in [5.74, 6) is 2.87. The first kappa shape index (κ1) is 38.1. The van der Waals surface area contributed by atoms with Crippen molar-refractivity contribution in [1.82, 2.24) is 0 Å². The van der Waals surface area contributed by atoms with E-state index in [0.717, 1.165) is 53.4 Å². The van der Waals surface area contributed by atoms with Crippen molar-refractivity contribution in [2.75, 3.05) is 0 Å². The molecule has 1 rings (SSSR count). The van der Waals surface area contributed by atoms with Gasteiger partial charge >= 0.3 is 11.9 Å². The molecule has 0 aliphatic carbocycles. The van der Waals surface area contributed by atoms with Crippen LogP contribution in [0.2, 0.25) is 0 Å². The Balaban J connectivity index is 2.82. The molecule has 0 aliphatic rings. The fourth-order valence-electron chi connectivity index (χ4n) is 5.81. The quantitative estimate of drug-likeness (QED) is 0.114. The first-order valence-corrected chi connectivity index (χ1v) is 17.0. The lowest BCUT2D eigenvalue weighted by molar-refractivity contribution is -0.135. The second-order valence-corrected chi connectivity index (χ2v) is 13.8. The molecule has 0 radical (unpaired) electrons. The molecule has 0 unspecified atom stereocenters. The summed E-state index contributed by atoms with van der Waals surface area (Å²) in [6.07, 6.45) is 13.9. The van der Waals surface area contributed by atoms with Crippen LogP contribution in [0.1, 0.15) is 161 Å². The van der Waals surface area contributed by atoms with Crippen LogP contribution in [0, 0.1) is 38.5 Å². The molecule has 5 nitrogen and oxygen atoms in total. The number of carbonyl (C=O) groups excluding carboxylic acids is 2. The summed E-state index contributed by atoms with van der Waals surface area (Å²) in [5.41, 5.74) is 2.44. The van der Waals surface area contributed by atoms with Crippen LogP contribution in [0.3, 0.4) is 0 Å². The summed E-state index contributed by atoms with van der Waals surface area (Å²) in [5, 5.41) is 11.3. The largest absolute Gasteiger partial charge is 0.426 e. The summed E-state index contributed by atoms with van der Waals surface area (Å²) in [6, 6.07) is 0. The van der Waals surface area contributed by atoms with Crippen molar-refractivity contribution in [3.63, 3.8) is 0 Å². The fourth-order valence-corrected chi connectivity index (χ4v) is 5.81. The van der Waals surface area contributed by atoms with E-state index in [0.29, 0.717) is 55.9 Å². The van der Waals surface area contributed by atoms with Gasteiger partial charge in [0.05, 0.1) is 5.60 Å². The molecule has 0 spiro atoms. The highest BCUT2D eigenvalue weighted by atomic mass is 16.5. The Bertz CT molecular complexity index is 962. The molecule has 1 aromatic carbocycles. The van der Waals surface area contributed by atoms with Crippen LogP contribution in [0.25, 0.3) is 0 Å². The van der Waals surface area contributed by atoms with Gasteiger partial charge in [0.2, 0.25) is 0 Å². The number of esters is 2. The van der Waals surface area contributed by atoms with Gasteiger partial charge in [-0.25, -0.2) is 0 Å². The van der Waals surface area contributed by atoms with Crippen LogP contribution in [0.5, 0.6) is 11.5 Å². The average Bonchev–Trinajstić information content (AvgIpc) is 2.89. The van der Waals surface area contributed by atoms with Crippen LogP contribution in [0.4, 0.5) is 0 Å². The van der Waals surface area contributed by atoms with Gasteiger partial charge in [0.1, 0.15) is 11.5 Å². The Hall–Kier alpha value is -1.88. The third-order valence-corrected chi connectivity index (χ3v) is 8.85. The molecule has 0 aromatic heterocycles. The Morgan fingerprint density at radius 2 is 1.14 bits per heavy atom. The minimum Gasteiger partial charge on any atom is -0.426 e. The molecule has 0 aliphatic heterocycles. The molecule has 1 aromatic rings. The van der Waals surface area contributed by atoms with Gasteiger partial charge in [-0.2, -0.15) is 0 Å². The molecule has 0 heterocycles. The van der Waals surface area contributed by atoms with E-state index >= 15 is 0 Å². The predicted molar refractivity (Wildman–Crippen MR) is 175 cm³/mol. The molecule has 42 heavy (non-hydrogen) atoms. The Kier molecular flexibility index (Phi) is 17.6. The summed E-state index contributed by atoms with van der Waals surface area (Å²) in [4.78, 5) is 24.9. The number of aliphatic hydroxyl groups is 1. The molecule has 3 atom stereocenters. The first-order valence-electron chi connectivity index (χ1n) is 17.0. The van der Waals surface area contributed by atoms with Crippen molar-refractivity contribution in [3.8, 4) is 11.5 Å². The van der Waals surface area contributed by atoms with E-state index in [-0.39, 0.29) is 11.9 Å². The van der Waals surface area contributed by atoms with E-state index in [4.69, 9.17) is 9.47 Å². The standard InChI is InChI=1S/C37H64O5/c1-11-16-33(38)41-35-29(7)30(8)36(42-34(39)17-12-2)32(31(35)9)23-25-37(10,40)24-15-22-28(6)21-14-20-27(5)19-13-18-26(3)4/h26-28,40H,11-25H2,1-10H3/t27-,28-,37-/m1/s1. The molecule has 0 fully saturated rings. The van der Waals surface area contributed by atoms with Gasteiger partial charge < -0.3 is 14.6 Å². The molecular weight excluding hydrogens is 524 g/mol. The van der Waals surface area contributed by atoms with Crippen molar-refractivity contribution >= 4 is 11.9 Å². The normalized spacial score (nSPS) is 14.5. The zero-order valence-electron chi connectivity index (χ0n) is 28.9. The molecule has 0 saturated heterocycles. The summed E-state index contributed by atoms with van der Waals surface area (Å²) in [6.45, 7) is 20.9. The van der Waals surface area contributed by atoms with E-state index in [1.165, 1.54) is 38.5 Å². The van der Waals surface area contributed by atoms with Gasteiger partial charge in [0.15, 0.2) is 0 Å². The maximum absolute atomic E-state index is 12.5. The maximum Gasteiger partial charge on any atom is 0.311 e. The predicted octanol–water partition coefficient (Wildman–Crippen LogP) is 10.1. The van der Waals surface area contributed by atoms with E-state index in [1.54, 1.807) is 0 Å². The third-order valence-electron chi connectivity index (χ3n) is 8.85. The van der Waals surface area contributed by atoms with E-state index < -0.39 is 5.60 Å². The average molecular weight is 589 g/mol. The summed E-state index contributed by atoms with van der Waals surface area (Å²) >= 11 is 0. The molecule has 0 amide bonds. The lowest BCUT2D eigenvalue weighted by atomic mass is 9.86. The minimum atomic E-state index is -0.834. The number of benzene rings is 1. The number of hydrogen-bond acceptors (Lipinski definition) is 5. The van der Waals surface area contributed by atoms with Crippen LogP contribution >= 0.6 is 0 Å². The molecule has 0 saturated carbocycles. The van der Waals surface area contributed by atoms with Gasteiger partial charge in [0.25, 0.3) is 0 Å². The van der Waals surface area contributed by atoms with Crippen molar-refractivity contribution in [2.45, 2.75) is 171 Å². The van der Waals surface area contributed by atoms with E-state index in [9.17, 15) is 14.7 Å². The van der Waals surface area contributed by atoms with Crippen molar-refractivity contribution in [1.29, 1.82) is 0 Å². The number of ether oxygens (including phenoxy) is 2. The van der Waals surface area contributed by atoms with Crippen LogP contribution in [0.15, 0.2) is 0 Å². The molecule has 242 valence electrons. The SMILES string of the molecule is CCCC(=O)Oc1c(C)c(C)c(OC(=O)CCC)c(CC[C@](C)(O)CCC[C@H](C)CCC[C@H](C)CCCC(C)C)c1C. The smallest absolute Gasteiger partial charge is 0.311 e. The molecule has 5 heteroatoms. The van der Waals surface area contributed by atoms with Crippen molar-refractivity contribution < 1.29 is 24.2 Å². The van der Waals surface area contributed by atoms with E-state index in [1.807, 2.05) is 41.5 Å². The van der Waals surface area contributed by atoms with Crippen molar-refractivity contribution in [2.24, 2.45) is 17.8 Å². The van der Waals surface area contributed by atoms with Gasteiger partial charge in [0, 0.05) is 18.4 Å². The Labute approximate surface area is 258 Å².